The van der Waals surface area contributed by atoms with Gasteiger partial charge in [-0.2, -0.15) is 0 Å². The van der Waals surface area contributed by atoms with Crippen molar-refractivity contribution in [3.05, 3.63) is 396 Å². The molecular weight excluding hydrogens is 1670 g/mol. The number of rotatable bonds is 40. The third-order valence-electron chi connectivity index (χ3n) is 22.2. The summed E-state index contributed by atoms with van der Waals surface area (Å²) < 4.78 is 47.1. The van der Waals surface area contributed by atoms with Gasteiger partial charge in [0, 0.05) is 73.7 Å². The Labute approximate surface area is 777 Å². The fourth-order valence-electron chi connectivity index (χ4n) is 15.3. The minimum atomic E-state index is -0.587. The van der Waals surface area contributed by atoms with Gasteiger partial charge in [-0.05, 0) is 258 Å². The Balaban J connectivity index is 0.000000240. The summed E-state index contributed by atoms with van der Waals surface area (Å²) in [5.74, 6) is -2.89. The van der Waals surface area contributed by atoms with Gasteiger partial charge in [-0.1, -0.05) is 190 Å². The first-order valence-corrected chi connectivity index (χ1v) is 44.4. The van der Waals surface area contributed by atoms with E-state index in [1.165, 1.54) is 17.5 Å². The quantitative estimate of drug-likeness (QED) is 0.0197. The van der Waals surface area contributed by atoms with Crippen molar-refractivity contribution >= 4 is 116 Å². The predicted molar refractivity (Wildman–Crippen MR) is 520 cm³/mol. The Bertz CT molecular complexity index is 5620. The van der Waals surface area contributed by atoms with Crippen molar-refractivity contribution in [1.29, 1.82) is 0 Å². The number of carbonyl (C=O) groups is 8. The van der Waals surface area contributed by atoms with Gasteiger partial charge in [0.25, 0.3) is 0 Å². The van der Waals surface area contributed by atoms with Crippen LogP contribution in [-0.4, -0.2) is 101 Å². The fourth-order valence-corrected chi connectivity index (χ4v) is 15.3. The highest BCUT2D eigenvalue weighted by molar-refractivity contribution is 5.91. The number of hydrogen-bond donors (Lipinski definition) is 0. The molecule has 21 nitrogen and oxygen atoms in total. The molecule has 0 aliphatic heterocycles. The molecule has 0 atom stereocenters. The first-order valence-electron chi connectivity index (χ1n) is 44.4. The molecule has 12 aromatic rings. The zero-order valence-corrected chi connectivity index (χ0v) is 75.9. The second kappa shape index (κ2) is 47.6. The summed E-state index contributed by atoms with van der Waals surface area (Å²) in [4.78, 5) is 106. The predicted octanol–water partition coefficient (Wildman–Crippen LogP) is 23.7. The van der Waals surface area contributed by atoms with Crippen molar-refractivity contribution in [2.45, 2.75) is 105 Å². The van der Waals surface area contributed by atoms with E-state index < -0.39 is 47.8 Å². The fraction of sp³-hybridized carbons (Fsp3) is 0.214. The third kappa shape index (κ3) is 26.8. The summed E-state index contributed by atoms with van der Waals surface area (Å²) in [7, 11) is 0. The van der Waals surface area contributed by atoms with E-state index in [0.717, 1.165) is 127 Å². The molecule has 0 aromatic heterocycles. The number of anilines is 12. The average molecular weight is 1780 g/mol. The number of carbonyl (C=O) groups excluding carboxylic acids is 8. The van der Waals surface area contributed by atoms with Gasteiger partial charge in [-0.3, -0.25) is 19.2 Å². The second-order valence-corrected chi connectivity index (χ2v) is 31.8. The molecule has 12 aromatic carbocycles. The molecule has 133 heavy (non-hydrogen) atoms. The van der Waals surface area contributed by atoms with Crippen LogP contribution in [0.2, 0.25) is 0 Å². The van der Waals surface area contributed by atoms with Crippen molar-refractivity contribution < 1.29 is 81.0 Å². The molecule has 680 valence electrons. The maximum Gasteiger partial charge on any atom is 0.336 e. The summed E-state index contributed by atoms with van der Waals surface area (Å²) >= 11 is 0. The van der Waals surface area contributed by atoms with Gasteiger partial charge in [-0.15, -0.1) is 0 Å². The Kier molecular flexibility index (Phi) is 34.5. The van der Waals surface area contributed by atoms with E-state index in [1.54, 1.807) is 27.7 Å². The first-order chi connectivity index (χ1) is 64.5. The highest BCUT2D eigenvalue weighted by Gasteiger charge is 2.36. The maximum atomic E-state index is 12.7. The summed E-state index contributed by atoms with van der Waals surface area (Å²) in [5.41, 5.74) is 19.5. The lowest BCUT2D eigenvalue weighted by molar-refractivity contribution is -0.145. The SMILES string of the molecule is C=C(COC(=O)Cc1ccc(N(c2ccc(C)cc2)c2ccc(Oc3ccc(N(c4ccc(C)cc4)c4ccc(CC(=O)OCC(=C)C(=O)OCC)cc4)cc3)cc2)cc1)C(=O)OCC.C=C(COC(=O)Cc1ccc(N(c2ccccc2)c2ccc(C3(c4ccc(N(c5ccccc5)c5ccc(CC(=O)OCC(=C)C(=O)OCC)cc5)cc4)CCCCC3)cc2)cc1)C(=O)OCC. The minimum absolute atomic E-state index is 0.0324. The van der Waals surface area contributed by atoms with Crippen LogP contribution in [0.25, 0.3) is 0 Å². The van der Waals surface area contributed by atoms with Gasteiger partial charge in [0.05, 0.1) is 74.4 Å². The molecule has 1 saturated carbocycles. The van der Waals surface area contributed by atoms with E-state index >= 15 is 0 Å². The van der Waals surface area contributed by atoms with Crippen LogP contribution in [0.5, 0.6) is 11.5 Å². The van der Waals surface area contributed by atoms with E-state index in [2.05, 4.69) is 167 Å². The van der Waals surface area contributed by atoms with E-state index in [1.807, 2.05) is 196 Å². The molecule has 1 fully saturated rings. The van der Waals surface area contributed by atoms with Crippen LogP contribution in [0.1, 0.15) is 104 Å². The van der Waals surface area contributed by atoms with Crippen molar-refractivity contribution in [2.24, 2.45) is 0 Å². The molecule has 0 amide bonds. The minimum Gasteiger partial charge on any atom is -0.463 e. The van der Waals surface area contributed by atoms with Crippen LogP contribution >= 0.6 is 0 Å². The Morgan fingerprint density at radius 1 is 0.256 bits per heavy atom. The second-order valence-electron chi connectivity index (χ2n) is 31.8. The topological polar surface area (TPSA) is 233 Å². The third-order valence-corrected chi connectivity index (χ3v) is 22.2. The molecule has 0 bridgehead atoms. The largest absolute Gasteiger partial charge is 0.463 e. The van der Waals surface area contributed by atoms with Crippen LogP contribution in [0.15, 0.2) is 352 Å². The zero-order valence-electron chi connectivity index (χ0n) is 75.9. The summed E-state index contributed by atoms with van der Waals surface area (Å²) in [6.45, 7) is 25.5. The summed E-state index contributed by atoms with van der Waals surface area (Å²) in [6, 6.07) is 102. The molecule has 1 aliphatic carbocycles. The van der Waals surface area contributed by atoms with Crippen molar-refractivity contribution in [3.8, 4) is 11.5 Å². The number of hydrogen-bond acceptors (Lipinski definition) is 21. The summed E-state index contributed by atoms with van der Waals surface area (Å²) in [6.07, 6.45) is 5.72. The van der Waals surface area contributed by atoms with Gasteiger partial charge in [0.1, 0.15) is 37.9 Å². The van der Waals surface area contributed by atoms with Gasteiger partial charge in [0.15, 0.2) is 0 Å². The highest BCUT2D eigenvalue weighted by Crippen LogP contribution is 2.48. The van der Waals surface area contributed by atoms with Crippen LogP contribution in [-0.2, 0) is 107 Å². The Morgan fingerprint density at radius 2 is 0.459 bits per heavy atom. The molecule has 0 radical (unpaired) electrons. The molecule has 1 aliphatic rings. The van der Waals surface area contributed by atoms with Crippen molar-refractivity contribution in [3.63, 3.8) is 0 Å². The van der Waals surface area contributed by atoms with Gasteiger partial charge < -0.3 is 62.2 Å². The Morgan fingerprint density at radius 3 is 0.684 bits per heavy atom. The number of aryl methyl sites for hydroxylation is 2. The van der Waals surface area contributed by atoms with E-state index in [-0.39, 0.29) is 106 Å². The van der Waals surface area contributed by atoms with Gasteiger partial charge in [0.2, 0.25) is 0 Å². The lowest BCUT2D eigenvalue weighted by Crippen LogP contribution is -2.30. The number of esters is 8. The van der Waals surface area contributed by atoms with E-state index in [4.69, 9.17) is 42.6 Å². The normalized spacial score (nSPS) is 11.7. The molecule has 0 heterocycles. The Hall–Kier alpha value is -15.6. The maximum absolute atomic E-state index is 12.7. The van der Waals surface area contributed by atoms with Crippen LogP contribution < -0.4 is 24.3 Å². The van der Waals surface area contributed by atoms with Gasteiger partial charge in [-0.25, -0.2) is 19.2 Å². The number of ether oxygens (including phenoxy) is 9. The summed E-state index contributed by atoms with van der Waals surface area (Å²) in [5, 5.41) is 0. The average Bonchev–Trinajstić information content (AvgIpc) is 0.753. The monoisotopic (exact) mass is 1780 g/mol. The molecule has 21 heteroatoms. The van der Waals surface area contributed by atoms with E-state index in [0.29, 0.717) is 11.5 Å². The van der Waals surface area contributed by atoms with Gasteiger partial charge >= 0.3 is 47.8 Å². The van der Waals surface area contributed by atoms with Crippen LogP contribution in [0.4, 0.5) is 68.2 Å². The van der Waals surface area contributed by atoms with Crippen molar-refractivity contribution in [1.82, 2.24) is 0 Å². The first kappa shape index (κ1) is 96.4. The molecule has 0 N–H and O–H groups in total. The molecule has 13 rings (SSSR count). The lowest BCUT2D eigenvalue weighted by Gasteiger charge is -2.39. The molecule has 0 spiro atoms. The van der Waals surface area contributed by atoms with Crippen LogP contribution in [0, 0.1) is 13.8 Å². The smallest absolute Gasteiger partial charge is 0.336 e. The number of benzene rings is 12. The highest BCUT2D eigenvalue weighted by atomic mass is 16.6. The van der Waals surface area contributed by atoms with E-state index in [9.17, 15) is 38.4 Å². The number of para-hydroxylation sites is 2. The zero-order chi connectivity index (χ0) is 94.2. The molecule has 0 saturated heterocycles. The lowest BCUT2D eigenvalue weighted by atomic mass is 9.65. The standard InChI is InChI=1S/C58H58N2O8.C54H52N2O9/c1-5-65-56(63)42(3)40-67-54(61)38-44-20-28-50(29-21-44)59(48-16-10-7-11-17-48)52-32-24-46(25-33-52)58(36-14-9-15-37-58)47-26-34-53(35-27-47)60(49-18-12-8-13-19-49)51-30-22-45(23-31-51)39-55(62)68-41-43(4)57(64)66-6-2;1-7-61-53(59)39(5)35-63-51(57)33-41-13-21-45(22-14-41)55(43-17-9-37(3)10-18-43)47-25-29-49(30-26-47)65-50-31-27-48(28-32-50)56(44-19-11-38(4)12-20-44)46-23-15-42(16-24-46)34-52(58)64-36-40(6)54(60)62-8-2/h7-8,10-13,16-35H,3-6,9,14-15,36-41H2,1-2H3;9-32H,5-8,33-36H2,1-4H3. The number of nitrogens with zero attached hydrogens (tertiary/aromatic N) is 4. The van der Waals surface area contributed by atoms with Crippen LogP contribution in [0.3, 0.4) is 0 Å². The molecular formula is C112H110N4O17. The molecule has 0 unspecified atom stereocenters. The van der Waals surface area contributed by atoms with Crippen molar-refractivity contribution in [2.75, 3.05) is 72.5 Å².